The SMILES string of the molecule is NC(Cc1ccccc1)C(N)c1nc(-c2ccncc2F)nc2c(Br)csc12. The van der Waals surface area contributed by atoms with E-state index in [1.54, 1.807) is 6.07 Å². The van der Waals surface area contributed by atoms with Gasteiger partial charge in [-0.05, 0) is 34.0 Å². The van der Waals surface area contributed by atoms with Crippen molar-refractivity contribution in [3.8, 4) is 11.4 Å². The van der Waals surface area contributed by atoms with Gasteiger partial charge in [0.1, 0.15) is 0 Å². The summed E-state index contributed by atoms with van der Waals surface area (Å²) < 4.78 is 15.9. The molecule has 0 amide bonds. The molecule has 0 aliphatic carbocycles. The topological polar surface area (TPSA) is 90.7 Å². The number of nitrogens with two attached hydrogens (primary N) is 2. The van der Waals surface area contributed by atoms with Gasteiger partial charge in [-0.15, -0.1) is 11.3 Å². The van der Waals surface area contributed by atoms with Crippen molar-refractivity contribution in [1.82, 2.24) is 15.0 Å². The van der Waals surface area contributed by atoms with Crippen LogP contribution in [0.3, 0.4) is 0 Å². The molecular weight excluding hydrogens is 441 g/mol. The van der Waals surface area contributed by atoms with Crippen LogP contribution >= 0.6 is 27.3 Å². The third kappa shape index (κ3) is 3.68. The van der Waals surface area contributed by atoms with Crippen LogP contribution < -0.4 is 11.5 Å². The average molecular weight is 458 g/mol. The van der Waals surface area contributed by atoms with E-state index in [-0.39, 0.29) is 17.4 Å². The van der Waals surface area contributed by atoms with Gasteiger partial charge in [-0.25, -0.2) is 14.4 Å². The Balaban J connectivity index is 1.78. The number of halogens is 2. The summed E-state index contributed by atoms with van der Waals surface area (Å²) in [6.07, 6.45) is 3.26. The van der Waals surface area contributed by atoms with Crippen LogP contribution in [0.15, 0.2) is 58.6 Å². The summed E-state index contributed by atoms with van der Waals surface area (Å²) in [4.78, 5) is 12.9. The summed E-state index contributed by atoms with van der Waals surface area (Å²) >= 11 is 5.00. The monoisotopic (exact) mass is 457 g/mol. The molecule has 4 aromatic rings. The fourth-order valence-electron chi connectivity index (χ4n) is 3.03. The van der Waals surface area contributed by atoms with Crippen molar-refractivity contribution in [2.24, 2.45) is 11.5 Å². The van der Waals surface area contributed by atoms with Crippen LogP contribution in [-0.2, 0) is 6.42 Å². The van der Waals surface area contributed by atoms with E-state index in [9.17, 15) is 4.39 Å². The molecule has 3 heterocycles. The van der Waals surface area contributed by atoms with E-state index in [2.05, 4.69) is 30.9 Å². The number of nitrogens with zero attached hydrogens (tertiary/aromatic N) is 3. The number of hydrogen-bond acceptors (Lipinski definition) is 6. The van der Waals surface area contributed by atoms with Crippen molar-refractivity contribution in [3.63, 3.8) is 0 Å². The lowest BCUT2D eigenvalue weighted by atomic mass is 9.98. The number of benzene rings is 1. The van der Waals surface area contributed by atoms with Crippen molar-refractivity contribution >= 4 is 37.5 Å². The Bertz CT molecular complexity index is 1120. The number of aromatic nitrogens is 3. The Kier molecular flexibility index (Phi) is 5.45. The Morgan fingerprint density at radius 3 is 2.64 bits per heavy atom. The fourth-order valence-corrected chi connectivity index (χ4v) is 4.63. The van der Waals surface area contributed by atoms with E-state index >= 15 is 0 Å². The quantitative estimate of drug-likeness (QED) is 0.467. The molecule has 142 valence electrons. The molecule has 2 unspecified atom stereocenters. The molecule has 0 fully saturated rings. The Hall–Kier alpha value is -2.26. The van der Waals surface area contributed by atoms with E-state index in [1.807, 2.05) is 35.7 Å². The Morgan fingerprint density at radius 2 is 1.89 bits per heavy atom. The molecule has 0 bridgehead atoms. The van der Waals surface area contributed by atoms with E-state index in [4.69, 9.17) is 11.5 Å². The van der Waals surface area contributed by atoms with E-state index in [1.165, 1.54) is 17.5 Å². The summed E-state index contributed by atoms with van der Waals surface area (Å²) in [5.74, 6) is -0.217. The highest BCUT2D eigenvalue weighted by Crippen LogP contribution is 2.35. The first kappa shape index (κ1) is 19.1. The van der Waals surface area contributed by atoms with Crippen LogP contribution in [0.2, 0.25) is 0 Å². The maximum absolute atomic E-state index is 14.3. The Morgan fingerprint density at radius 1 is 1.11 bits per heavy atom. The minimum absolute atomic E-state index is 0.267. The number of rotatable bonds is 5. The lowest BCUT2D eigenvalue weighted by Crippen LogP contribution is -2.36. The van der Waals surface area contributed by atoms with Gasteiger partial charge in [-0.3, -0.25) is 4.98 Å². The van der Waals surface area contributed by atoms with Crippen molar-refractivity contribution in [2.45, 2.75) is 18.5 Å². The molecule has 4 rings (SSSR count). The second-order valence-electron chi connectivity index (χ2n) is 6.43. The number of fused-ring (bicyclic) bond motifs is 1. The molecule has 8 heteroatoms. The predicted octanol–water partition coefficient (Wildman–Crippen LogP) is 4.22. The van der Waals surface area contributed by atoms with Crippen LogP contribution in [0, 0.1) is 5.82 Å². The highest BCUT2D eigenvalue weighted by Gasteiger charge is 2.24. The standard InChI is InChI=1S/C20H17BrFN5S/c21-13-10-28-19-17(13)26-20(12-6-7-25-9-14(12)22)27-18(19)16(24)15(23)8-11-4-2-1-3-5-11/h1-7,9-10,15-16H,8,23-24H2. The van der Waals surface area contributed by atoms with Crippen LogP contribution in [0.25, 0.3) is 21.6 Å². The van der Waals surface area contributed by atoms with Gasteiger partial charge in [0.25, 0.3) is 0 Å². The maximum Gasteiger partial charge on any atom is 0.163 e. The smallest absolute Gasteiger partial charge is 0.163 e. The molecule has 0 spiro atoms. The van der Waals surface area contributed by atoms with Crippen molar-refractivity contribution in [1.29, 1.82) is 0 Å². The summed E-state index contributed by atoms with van der Waals surface area (Å²) in [6.45, 7) is 0. The first-order valence-electron chi connectivity index (χ1n) is 8.64. The lowest BCUT2D eigenvalue weighted by Gasteiger charge is -2.20. The molecule has 1 aromatic carbocycles. The minimum Gasteiger partial charge on any atom is -0.326 e. The maximum atomic E-state index is 14.3. The van der Waals surface area contributed by atoms with Crippen molar-refractivity contribution < 1.29 is 4.39 Å². The molecule has 28 heavy (non-hydrogen) atoms. The van der Waals surface area contributed by atoms with Gasteiger partial charge < -0.3 is 11.5 Å². The molecule has 0 aliphatic heterocycles. The average Bonchev–Trinajstić information content (AvgIpc) is 3.09. The first-order valence-corrected chi connectivity index (χ1v) is 10.3. The zero-order valence-electron chi connectivity index (χ0n) is 14.7. The molecule has 0 saturated heterocycles. The second-order valence-corrected chi connectivity index (χ2v) is 8.16. The van der Waals surface area contributed by atoms with Crippen molar-refractivity contribution in [2.75, 3.05) is 0 Å². The molecule has 5 nitrogen and oxygen atoms in total. The van der Waals surface area contributed by atoms with E-state index < -0.39 is 11.9 Å². The molecule has 3 aromatic heterocycles. The highest BCUT2D eigenvalue weighted by molar-refractivity contribution is 9.10. The first-order chi connectivity index (χ1) is 13.5. The predicted molar refractivity (Wildman–Crippen MR) is 113 cm³/mol. The minimum atomic E-state index is -0.528. The fraction of sp³-hybridized carbons (Fsp3) is 0.150. The van der Waals surface area contributed by atoms with Gasteiger partial charge >= 0.3 is 0 Å². The summed E-state index contributed by atoms with van der Waals surface area (Å²) in [5.41, 5.74) is 15.6. The summed E-state index contributed by atoms with van der Waals surface area (Å²) in [6, 6.07) is 10.6. The zero-order valence-corrected chi connectivity index (χ0v) is 17.1. The van der Waals surface area contributed by atoms with E-state index in [0.717, 1.165) is 20.9 Å². The van der Waals surface area contributed by atoms with E-state index in [0.29, 0.717) is 17.6 Å². The second kappa shape index (κ2) is 8.00. The highest BCUT2D eigenvalue weighted by atomic mass is 79.9. The Labute approximate surface area is 173 Å². The van der Waals surface area contributed by atoms with Gasteiger partial charge in [0, 0.05) is 17.6 Å². The third-order valence-electron chi connectivity index (χ3n) is 4.50. The van der Waals surface area contributed by atoms with Gasteiger partial charge in [-0.2, -0.15) is 0 Å². The molecular formula is C20H17BrFN5S. The van der Waals surface area contributed by atoms with Gasteiger partial charge in [0.2, 0.25) is 0 Å². The van der Waals surface area contributed by atoms with Crippen LogP contribution in [0.5, 0.6) is 0 Å². The normalized spacial score (nSPS) is 13.6. The van der Waals surface area contributed by atoms with Gasteiger partial charge in [0.15, 0.2) is 11.6 Å². The molecule has 2 atom stereocenters. The zero-order chi connectivity index (χ0) is 19.7. The largest absolute Gasteiger partial charge is 0.326 e. The number of pyridine rings is 1. The number of hydrogen-bond donors (Lipinski definition) is 2. The van der Waals surface area contributed by atoms with Gasteiger partial charge in [-0.1, -0.05) is 30.3 Å². The number of thiophene rings is 1. The third-order valence-corrected chi connectivity index (χ3v) is 6.40. The summed E-state index contributed by atoms with van der Waals surface area (Å²) in [5, 5.41) is 1.92. The van der Waals surface area contributed by atoms with Crippen molar-refractivity contribution in [3.05, 3.63) is 75.7 Å². The van der Waals surface area contributed by atoms with Crippen LogP contribution in [-0.4, -0.2) is 21.0 Å². The van der Waals surface area contributed by atoms with Crippen LogP contribution in [0.4, 0.5) is 4.39 Å². The van der Waals surface area contributed by atoms with Gasteiger partial charge in [0.05, 0.1) is 38.2 Å². The summed E-state index contributed by atoms with van der Waals surface area (Å²) in [7, 11) is 0. The molecule has 0 saturated carbocycles. The molecule has 0 aliphatic rings. The molecule has 4 N–H and O–H groups in total. The lowest BCUT2D eigenvalue weighted by molar-refractivity contribution is 0.536. The molecule has 0 radical (unpaired) electrons. The van der Waals surface area contributed by atoms with Crippen LogP contribution in [0.1, 0.15) is 17.3 Å².